The summed E-state index contributed by atoms with van der Waals surface area (Å²) in [6, 6.07) is 5.70. The molecule has 0 spiro atoms. The van der Waals surface area contributed by atoms with Crippen LogP contribution in [0.2, 0.25) is 5.02 Å². The predicted octanol–water partition coefficient (Wildman–Crippen LogP) is 4.01. The standard InChI is InChI=1S/C17H24ClFN2/c18-15-12-14(6-7-16(15)19)17(13-4-2-1-3-5-13)21-10-8-20-9-11-21/h6-7,12-13,17,20H,1-5,8-11H2/t17-/m1/s1. The van der Waals surface area contributed by atoms with E-state index in [0.29, 0.717) is 12.0 Å². The Morgan fingerprint density at radius 1 is 1.14 bits per heavy atom. The highest BCUT2D eigenvalue weighted by atomic mass is 35.5. The molecule has 1 saturated carbocycles. The SMILES string of the molecule is Fc1ccc([C@@H](C2CCCCC2)N2CCNCC2)cc1Cl. The molecule has 1 aliphatic carbocycles. The molecule has 2 aliphatic rings. The monoisotopic (exact) mass is 310 g/mol. The van der Waals surface area contributed by atoms with Crippen LogP contribution in [0.15, 0.2) is 18.2 Å². The molecule has 1 N–H and O–H groups in total. The van der Waals surface area contributed by atoms with E-state index in [1.54, 1.807) is 0 Å². The van der Waals surface area contributed by atoms with Crippen molar-refractivity contribution in [2.75, 3.05) is 26.2 Å². The summed E-state index contributed by atoms with van der Waals surface area (Å²) in [7, 11) is 0. The molecule has 0 unspecified atom stereocenters. The maximum atomic E-state index is 13.5. The molecule has 1 aromatic rings. The van der Waals surface area contributed by atoms with E-state index < -0.39 is 0 Å². The van der Waals surface area contributed by atoms with Gasteiger partial charge in [-0.2, -0.15) is 0 Å². The Kier molecular flexibility index (Phi) is 5.15. The fourth-order valence-electron chi connectivity index (χ4n) is 3.89. The summed E-state index contributed by atoms with van der Waals surface area (Å²) in [5, 5.41) is 3.67. The Bertz CT molecular complexity index is 450. The number of benzene rings is 1. The highest BCUT2D eigenvalue weighted by Crippen LogP contribution is 2.39. The van der Waals surface area contributed by atoms with Crippen molar-refractivity contribution in [3.8, 4) is 0 Å². The summed E-state index contributed by atoms with van der Waals surface area (Å²) in [6.07, 6.45) is 6.56. The quantitative estimate of drug-likeness (QED) is 0.907. The van der Waals surface area contributed by atoms with Crippen molar-refractivity contribution in [2.45, 2.75) is 38.1 Å². The Morgan fingerprint density at radius 3 is 2.52 bits per heavy atom. The molecule has 2 nitrogen and oxygen atoms in total. The number of halogens is 2. The van der Waals surface area contributed by atoms with Crippen molar-refractivity contribution in [1.82, 2.24) is 10.2 Å². The topological polar surface area (TPSA) is 15.3 Å². The van der Waals surface area contributed by atoms with Crippen LogP contribution in [0.25, 0.3) is 0 Å². The molecular weight excluding hydrogens is 287 g/mol. The first-order valence-corrected chi connectivity index (χ1v) is 8.53. The van der Waals surface area contributed by atoms with Crippen molar-refractivity contribution in [2.24, 2.45) is 5.92 Å². The molecular formula is C17H24ClFN2. The molecule has 0 bridgehead atoms. The van der Waals surface area contributed by atoms with E-state index in [2.05, 4.69) is 10.2 Å². The van der Waals surface area contributed by atoms with Gasteiger partial charge in [0.25, 0.3) is 0 Å². The smallest absolute Gasteiger partial charge is 0.141 e. The largest absolute Gasteiger partial charge is 0.314 e. The van der Waals surface area contributed by atoms with Gasteiger partial charge in [0.2, 0.25) is 0 Å². The van der Waals surface area contributed by atoms with Gasteiger partial charge in [-0.3, -0.25) is 4.90 Å². The number of hydrogen-bond donors (Lipinski definition) is 1. The Labute approximate surface area is 131 Å². The van der Waals surface area contributed by atoms with Crippen LogP contribution in [-0.2, 0) is 0 Å². The van der Waals surface area contributed by atoms with Crippen LogP contribution < -0.4 is 5.32 Å². The van der Waals surface area contributed by atoms with Crippen molar-refractivity contribution in [3.05, 3.63) is 34.6 Å². The zero-order valence-corrected chi connectivity index (χ0v) is 13.2. The van der Waals surface area contributed by atoms with Crippen molar-refractivity contribution in [3.63, 3.8) is 0 Å². The van der Waals surface area contributed by atoms with Crippen LogP contribution in [0, 0.1) is 11.7 Å². The average molecular weight is 311 g/mol. The number of nitrogens with zero attached hydrogens (tertiary/aromatic N) is 1. The third kappa shape index (κ3) is 3.58. The molecule has 0 aromatic heterocycles. The number of nitrogens with one attached hydrogen (secondary N) is 1. The molecule has 1 aromatic carbocycles. The van der Waals surface area contributed by atoms with E-state index in [9.17, 15) is 4.39 Å². The van der Waals surface area contributed by atoms with Gasteiger partial charge >= 0.3 is 0 Å². The highest BCUT2D eigenvalue weighted by Gasteiger charge is 2.31. The molecule has 116 valence electrons. The van der Waals surface area contributed by atoms with Crippen molar-refractivity contribution in [1.29, 1.82) is 0 Å². The maximum absolute atomic E-state index is 13.5. The molecule has 4 heteroatoms. The summed E-state index contributed by atoms with van der Waals surface area (Å²) in [6.45, 7) is 4.21. The van der Waals surface area contributed by atoms with Crippen LogP contribution in [0.3, 0.4) is 0 Å². The molecule has 1 heterocycles. The van der Waals surface area contributed by atoms with Gasteiger partial charge in [-0.1, -0.05) is 36.9 Å². The van der Waals surface area contributed by atoms with E-state index in [1.165, 1.54) is 43.7 Å². The van der Waals surface area contributed by atoms with Gasteiger partial charge in [-0.15, -0.1) is 0 Å². The Morgan fingerprint density at radius 2 is 1.86 bits per heavy atom. The summed E-state index contributed by atoms with van der Waals surface area (Å²) in [5.74, 6) is 0.362. The summed E-state index contributed by atoms with van der Waals surface area (Å²) >= 11 is 6.03. The lowest BCUT2D eigenvalue weighted by Gasteiger charge is -2.41. The second-order valence-corrected chi connectivity index (χ2v) is 6.71. The van der Waals surface area contributed by atoms with Crippen LogP contribution in [-0.4, -0.2) is 31.1 Å². The van der Waals surface area contributed by atoms with Crippen LogP contribution in [0.1, 0.15) is 43.7 Å². The normalized spacial score (nSPS) is 23.1. The lowest BCUT2D eigenvalue weighted by Crippen LogP contribution is -2.47. The lowest BCUT2D eigenvalue weighted by atomic mass is 9.80. The first-order valence-electron chi connectivity index (χ1n) is 8.15. The highest BCUT2D eigenvalue weighted by molar-refractivity contribution is 6.30. The van der Waals surface area contributed by atoms with Crippen LogP contribution in [0.4, 0.5) is 4.39 Å². The summed E-state index contributed by atoms with van der Waals surface area (Å²) in [5.41, 5.74) is 1.19. The first kappa shape index (κ1) is 15.3. The molecule has 21 heavy (non-hydrogen) atoms. The van der Waals surface area contributed by atoms with Crippen LogP contribution in [0.5, 0.6) is 0 Å². The molecule has 0 amide bonds. The Balaban J connectivity index is 1.87. The van der Waals surface area contributed by atoms with E-state index in [-0.39, 0.29) is 10.8 Å². The lowest BCUT2D eigenvalue weighted by molar-refractivity contribution is 0.103. The van der Waals surface area contributed by atoms with E-state index >= 15 is 0 Å². The number of rotatable bonds is 3. The molecule has 0 radical (unpaired) electrons. The van der Waals surface area contributed by atoms with Gasteiger partial charge in [-0.25, -0.2) is 4.39 Å². The van der Waals surface area contributed by atoms with Gasteiger partial charge in [0, 0.05) is 32.2 Å². The molecule has 1 saturated heterocycles. The average Bonchev–Trinajstić information content (AvgIpc) is 2.53. The second kappa shape index (κ2) is 7.08. The maximum Gasteiger partial charge on any atom is 0.141 e. The molecule has 2 fully saturated rings. The van der Waals surface area contributed by atoms with E-state index in [0.717, 1.165) is 26.2 Å². The third-order valence-corrected chi connectivity index (χ3v) is 5.22. The summed E-state index contributed by atoms with van der Waals surface area (Å²) in [4.78, 5) is 2.57. The third-order valence-electron chi connectivity index (χ3n) is 4.93. The predicted molar refractivity (Wildman–Crippen MR) is 85.2 cm³/mol. The van der Waals surface area contributed by atoms with Crippen molar-refractivity contribution < 1.29 is 4.39 Å². The fraction of sp³-hybridized carbons (Fsp3) is 0.647. The zero-order valence-electron chi connectivity index (χ0n) is 12.5. The first-order chi connectivity index (χ1) is 10.3. The number of piperazine rings is 1. The Hall–Kier alpha value is -0.640. The van der Waals surface area contributed by atoms with Crippen LogP contribution >= 0.6 is 11.6 Å². The molecule has 3 rings (SSSR count). The summed E-state index contributed by atoms with van der Waals surface area (Å²) < 4.78 is 13.5. The molecule has 1 aliphatic heterocycles. The van der Waals surface area contributed by atoms with Gasteiger partial charge in [0.1, 0.15) is 5.82 Å². The van der Waals surface area contributed by atoms with E-state index in [1.807, 2.05) is 12.1 Å². The number of hydrogen-bond acceptors (Lipinski definition) is 2. The van der Waals surface area contributed by atoms with Gasteiger partial charge in [0.15, 0.2) is 0 Å². The molecule has 1 atom stereocenters. The second-order valence-electron chi connectivity index (χ2n) is 6.30. The van der Waals surface area contributed by atoms with Gasteiger partial charge in [-0.05, 0) is 36.5 Å². The minimum absolute atomic E-state index is 0.253. The van der Waals surface area contributed by atoms with Crippen molar-refractivity contribution >= 4 is 11.6 Å². The fourth-order valence-corrected chi connectivity index (χ4v) is 4.08. The minimum atomic E-state index is -0.317. The van der Waals surface area contributed by atoms with E-state index in [4.69, 9.17) is 11.6 Å². The van der Waals surface area contributed by atoms with Gasteiger partial charge in [0.05, 0.1) is 5.02 Å². The minimum Gasteiger partial charge on any atom is -0.314 e. The zero-order chi connectivity index (χ0) is 14.7. The van der Waals surface area contributed by atoms with Gasteiger partial charge < -0.3 is 5.32 Å².